The molecule has 0 fully saturated rings. The molecule has 0 atom stereocenters. The van der Waals surface area contributed by atoms with Gasteiger partial charge in [-0.1, -0.05) is 18.2 Å². The van der Waals surface area contributed by atoms with Crippen LogP contribution in [0.2, 0.25) is 0 Å². The number of rotatable bonds is 5. The van der Waals surface area contributed by atoms with Gasteiger partial charge < -0.3 is 9.73 Å². The van der Waals surface area contributed by atoms with Gasteiger partial charge in [0.15, 0.2) is 0 Å². The van der Waals surface area contributed by atoms with Crippen molar-refractivity contribution in [2.75, 3.05) is 0 Å². The van der Waals surface area contributed by atoms with Crippen LogP contribution in [0, 0.1) is 0 Å². The van der Waals surface area contributed by atoms with Crippen LogP contribution in [0.15, 0.2) is 51.6 Å². The molecular formula is C14H13N3OS. The second-order valence-corrected chi connectivity index (χ2v) is 4.88. The summed E-state index contributed by atoms with van der Waals surface area (Å²) in [7, 11) is 0. The van der Waals surface area contributed by atoms with Crippen molar-refractivity contribution in [1.29, 1.82) is 0 Å². The van der Waals surface area contributed by atoms with E-state index >= 15 is 0 Å². The predicted octanol–water partition coefficient (Wildman–Crippen LogP) is 3.09. The van der Waals surface area contributed by atoms with Crippen molar-refractivity contribution >= 4 is 11.3 Å². The van der Waals surface area contributed by atoms with Crippen LogP contribution in [0.5, 0.6) is 0 Å². The zero-order valence-corrected chi connectivity index (χ0v) is 11.1. The molecule has 0 radical (unpaired) electrons. The van der Waals surface area contributed by atoms with Crippen LogP contribution in [0.1, 0.15) is 11.5 Å². The molecule has 0 aliphatic rings. The van der Waals surface area contributed by atoms with E-state index in [0.717, 1.165) is 12.1 Å². The number of hydrogen-bond donors (Lipinski definition) is 1. The molecule has 0 bridgehead atoms. The number of benzene rings is 1. The molecule has 1 N–H and O–H groups in total. The van der Waals surface area contributed by atoms with E-state index in [1.165, 1.54) is 5.56 Å². The van der Waals surface area contributed by atoms with Crippen LogP contribution in [-0.2, 0) is 13.1 Å². The molecule has 3 aromatic rings. The Morgan fingerprint density at radius 2 is 1.95 bits per heavy atom. The third-order valence-corrected chi connectivity index (χ3v) is 3.41. The van der Waals surface area contributed by atoms with Crippen LogP contribution in [0.4, 0.5) is 0 Å². The van der Waals surface area contributed by atoms with E-state index in [2.05, 4.69) is 32.3 Å². The Hall–Kier alpha value is -1.98. The molecule has 0 unspecified atom stereocenters. The summed E-state index contributed by atoms with van der Waals surface area (Å²) in [4.78, 5) is 0. The van der Waals surface area contributed by atoms with Gasteiger partial charge in [-0.05, 0) is 34.5 Å². The lowest BCUT2D eigenvalue weighted by Gasteiger charge is -1.98. The van der Waals surface area contributed by atoms with Crippen LogP contribution < -0.4 is 5.32 Å². The van der Waals surface area contributed by atoms with E-state index in [1.54, 1.807) is 11.3 Å². The maximum atomic E-state index is 5.61. The number of nitrogens with one attached hydrogen (secondary N) is 1. The highest BCUT2D eigenvalue weighted by molar-refractivity contribution is 7.07. The van der Waals surface area contributed by atoms with E-state index < -0.39 is 0 Å². The van der Waals surface area contributed by atoms with Gasteiger partial charge in [-0.25, -0.2) is 0 Å². The standard InChI is InChI=1S/C14H13N3OS/c1-2-4-12(5-3-1)14-17-16-13(18-14)9-15-8-11-6-7-19-10-11/h1-7,10,15H,8-9H2. The molecule has 0 saturated heterocycles. The van der Waals surface area contributed by atoms with E-state index in [0.29, 0.717) is 18.3 Å². The van der Waals surface area contributed by atoms with E-state index in [4.69, 9.17) is 4.42 Å². The molecule has 0 saturated carbocycles. The Morgan fingerprint density at radius 3 is 2.74 bits per heavy atom. The summed E-state index contributed by atoms with van der Waals surface area (Å²) in [6.07, 6.45) is 0. The SMILES string of the molecule is c1ccc(-c2nnc(CNCc3ccsc3)o2)cc1. The Labute approximate surface area is 115 Å². The van der Waals surface area contributed by atoms with E-state index in [1.807, 2.05) is 30.3 Å². The fraction of sp³-hybridized carbons (Fsp3) is 0.143. The van der Waals surface area contributed by atoms with Crippen molar-refractivity contribution in [1.82, 2.24) is 15.5 Å². The molecule has 4 nitrogen and oxygen atoms in total. The highest BCUT2D eigenvalue weighted by Gasteiger charge is 2.07. The van der Waals surface area contributed by atoms with Gasteiger partial charge >= 0.3 is 0 Å². The first kappa shape index (κ1) is 12.1. The first-order valence-corrected chi connectivity index (χ1v) is 6.96. The van der Waals surface area contributed by atoms with E-state index in [-0.39, 0.29) is 0 Å². The second-order valence-electron chi connectivity index (χ2n) is 4.10. The molecule has 0 spiro atoms. The molecule has 19 heavy (non-hydrogen) atoms. The minimum absolute atomic E-state index is 0.563. The lowest BCUT2D eigenvalue weighted by Crippen LogP contribution is -2.12. The second kappa shape index (κ2) is 5.77. The third-order valence-electron chi connectivity index (χ3n) is 2.67. The van der Waals surface area contributed by atoms with Gasteiger partial charge in [0.1, 0.15) is 0 Å². The molecule has 1 aromatic carbocycles. The lowest BCUT2D eigenvalue weighted by atomic mass is 10.2. The number of nitrogens with zero attached hydrogens (tertiary/aromatic N) is 2. The third kappa shape index (κ3) is 3.07. The molecule has 96 valence electrons. The van der Waals surface area contributed by atoms with Crippen LogP contribution in [0.3, 0.4) is 0 Å². The maximum Gasteiger partial charge on any atom is 0.247 e. The molecule has 0 aliphatic heterocycles. The summed E-state index contributed by atoms with van der Waals surface area (Å²) in [6, 6.07) is 11.9. The normalized spacial score (nSPS) is 10.7. The van der Waals surface area contributed by atoms with Crippen molar-refractivity contribution in [3.63, 3.8) is 0 Å². The number of aromatic nitrogens is 2. The van der Waals surface area contributed by atoms with Gasteiger partial charge in [-0.3, -0.25) is 0 Å². The Kier molecular flexibility index (Phi) is 3.67. The van der Waals surface area contributed by atoms with Gasteiger partial charge in [-0.15, -0.1) is 10.2 Å². The Bertz CT molecular complexity index is 619. The molecule has 2 aromatic heterocycles. The van der Waals surface area contributed by atoms with Gasteiger partial charge in [0.2, 0.25) is 11.8 Å². The smallest absolute Gasteiger partial charge is 0.247 e. The molecule has 2 heterocycles. The van der Waals surface area contributed by atoms with Gasteiger partial charge in [-0.2, -0.15) is 11.3 Å². The Morgan fingerprint density at radius 1 is 1.05 bits per heavy atom. The van der Waals surface area contributed by atoms with Crippen molar-refractivity contribution < 1.29 is 4.42 Å². The molecule has 3 rings (SSSR count). The van der Waals surface area contributed by atoms with Crippen LogP contribution in [-0.4, -0.2) is 10.2 Å². The largest absolute Gasteiger partial charge is 0.419 e. The van der Waals surface area contributed by atoms with Crippen LogP contribution in [0.25, 0.3) is 11.5 Å². The first-order chi connectivity index (χ1) is 9.42. The molecular weight excluding hydrogens is 258 g/mol. The highest BCUT2D eigenvalue weighted by Crippen LogP contribution is 2.16. The fourth-order valence-electron chi connectivity index (χ4n) is 1.73. The zero-order valence-electron chi connectivity index (χ0n) is 10.2. The van der Waals surface area contributed by atoms with Crippen LogP contribution >= 0.6 is 11.3 Å². The fourth-order valence-corrected chi connectivity index (χ4v) is 2.40. The monoisotopic (exact) mass is 271 g/mol. The highest BCUT2D eigenvalue weighted by atomic mass is 32.1. The summed E-state index contributed by atoms with van der Waals surface area (Å²) < 4.78 is 5.61. The minimum atomic E-state index is 0.563. The van der Waals surface area contributed by atoms with E-state index in [9.17, 15) is 0 Å². The first-order valence-electron chi connectivity index (χ1n) is 6.01. The molecule has 0 amide bonds. The number of hydrogen-bond acceptors (Lipinski definition) is 5. The average Bonchev–Trinajstić information content (AvgIpc) is 3.11. The molecule has 0 aliphatic carbocycles. The topological polar surface area (TPSA) is 51.0 Å². The van der Waals surface area contributed by atoms with Gasteiger partial charge in [0.05, 0.1) is 6.54 Å². The van der Waals surface area contributed by atoms with Gasteiger partial charge in [0.25, 0.3) is 0 Å². The summed E-state index contributed by atoms with van der Waals surface area (Å²) in [5.41, 5.74) is 2.21. The summed E-state index contributed by atoms with van der Waals surface area (Å²) in [6.45, 7) is 1.39. The van der Waals surface area contributed by atoms with Crippen molar-refractivity contribution in [3.05, 3.63) is 58.6 Å². The summed E-state index contributed by atoms with van der Waals surface area (Å²) in [5, 5.41) is 15.5. The molecule has 5 heteroatoms. The minimum Gasteiger partial charge on any atom is -0.419 e. The summed E-state index contributed by atoms with van der Waals surface area (Å²) >= 11 is 1.70. The Balaban J connectivity index is 1.59. The number of thiophene rings is 1. The van der Waals surface area contributed by atoms with Crippen molar-refractivity contribution in [3.8, 4) is 11.5 Å². The maximum absolute atomic E-state index is 5.61. The predicted molar refractivity (Wildman–Crippen MR) is 74.6 cm³/mol. The van der Waals surface area contributed by atoms with Crippen molar-refractivity contribution in [2.45, 2.75) is 13.1 Å². The van der Waals surface area contributed by atoms with Crippen molar-refractivity contribution in [2.24, 2.45) is 0 Å². The quantitative estimate of drug-likeness (QED) is 0.774. The zero-order chi connectivity index (χ0) is 12.9. The average molecular weight is 271 g/mol. The summed E-state index contributed by atoms with van der Waals surface area (Å²) in [5.74, 6) is 1.17. The lowest BCUT2D eigenvalue weighted by molar-refractivity contribution is 0.477. The van der Waals surface area contributed by atoms with Gasteiger partial charge in [0, 0.05) is 12.1 Å².